The third kappa shape index (κ3) is 4.14. The monoisotopic (exact) mass is 316 g/mol. The van der Waals surface area contributed by atoms with E-state index in [2.05, 4.69) is 55.9 Å². The van der Waals surface area contributed by atoms with Crippen molar-refractivity contribution in [2.45, 2.75) is 53.1 Å². The van der Waals surface area contributed by atoms with Crippen LogP contribution in [0.5, 0.6) is 0 Å². The Balaban J connectivity index is 2.17. The molecule has 0 fully saturated rings. The van der Waals surface area contributed by atoms with Crippen LogP contribution in [0.4, 0.5) is 0 Å². The maximum absolute atomic E-state index is 12.5. The summed E-state index contributed by atoms with van der Waals surface area (Å²) in [5.41, 5.74) is 2.15. The molecular formula is C19H28N2O2. The van der Waals surface area contributed by atoms with E-state index in [0.717, 1.165) is 17.5 Å². The van der Waals surface area contributed by atoms with E-state index >= 15 is 0 Å². The maximum atomic E-state index is 12.5. The van der Waals surface area contributed by atoms with Crippen LogP contribution in [-0.4, -0.2) is 28.2 Å². The van der Waals surface area contributed by atoms with E-state index in [0.29, 0.717) is 12.8 Å². The summed E-state index contributed by atoms with van der Waals surface area (Å²) < 4.78 is 2.17. The van der Waals surface area contributed by atoms with Crippen LogP contribution in [0.2, 0.25) is 0 Å². The van der Waals surface area contributed by atoms with Crippen LogP contribution in [0, 0.1) is 5.41 Å². The largest absolute Gasteiger partial charge is 0.396 e. The summed E-state index contributed by atoms with van der Waals surface area (Å²) in [5.74, 6) is 0.0115. The summed E-state index contributed by atoms with van der Waals surface area (Å²) in [6.07, 6.45) is 3.01. The Labute approximate surface area is 138 Å². The zero-order valence-corrected chi connectivity index (χ0v) is 14.6. The second-order valence-corrected chi connectivity index (χ2v) is 7.13. The van der Waals surface area contributed by atoms with Crippen molar-refractivity contribution in [3.8, 4) is 0 Å². The van der Waals surface area contributed by atoms with Crippen LogP contribution in [-0.2, 0) is 17.8 Å². The molecule has 0 spiro atoms. The maximum Gasteiger partial charge on any atom is 0.224 e. The lowest BCUT2D eigenvalue weighted by atomic mass is 9.85. The number of amides is 1. The lowest BCUT2D eigenvalue weighted by molar-refractivity contribution is -0.122. The molecule has 0 bridgehead atoms. The molecule has 126 valence electrons. The lowest BCUT2D eigenvalue weighted by Gasteiger charge is -2.31. The summed E-state index contributed by atoms with van der Waals surface area (Å²) in [6, 6.07) is 8.16. The van der Waals surface area contributed by atoms with Gasteiger partial charge >= 0.3 is 0 Å². The fourth-order valence-electron chi connectivity index (χ4n) is 2.99. The van der Waals surface area contributed by atoms with Crippen molar-refractivity contribution >= 4 is 16.8 Å². The molecule has 0 aliphatic rings. The Morgan fingerprint density at radius 3 is 2.61 bits per heavy atom. The second-order valence-electron chi connectivity index (χ2n) is 7.13. The number of hydrogen-bond donors (Lipinski definition) is 2. The number of nitrogens with one attached hydrogen (secondary N) is 1. The molecule has 0 saturated heterocycles. The highest BCUT2D eigenvalue weighted by molar-refractivity contribution is 5.89. The number of aliphatic hydroxyl groups excluding tert-OH is 1. The van der Waals surface area contributed by atoms with Crippen LogP contribution in [0.3, 0.4) is 0 Å². The van der Waals surface area contributed by atoms with Gasteiger partial charge in [0.05, 0.1) is 6.42 Å². The van der Waals surface area contributed by atoms with Crippen LogP contribution in [0.15, 0.2) is 30.5 Å². The zero-order chi connectivity index (χ0) is 17.0. The first-order chi connectivity index (χ1) is 10.9. The Morgan fingerprint density at radius 1 is 1.30 bits per heavy atom. The predicted octanol–water partition coefficient (Wildman–Crippen LogP) is 3.12. The van der Waals surface area contributed by atoms with E-state index in [1.165, 1.54) is 5.52 Å². The van der Waals surface area contributed by atoms with E-state index in [-0.39, 0.29) is 24.0 Å². The first-order valence-corrected chi connectivity index (χ1v) is 8.33. The van der Waals surface area contributed by atoms with Gasteiger partial charge in [0.25, 0.3) is 0 Å². The fraction of sp³-hybridized carbons (Fsp3) is 0.526. The average Bonchev–Trinajstić information content (AvgIpc) is 2.84. The van der Waals surface area contributed by atoms with E-state index in [9.17, 15) is 9.90 Å². The molecule has 0 saturated carbocycles. The van der Waals surface area contributed by atoms with Crippen LogP contribution >= 0.6 is 0 Å². The molecule has 2 rings (SSSR count). The number of benzene rings is 1. The van der Waals surface area contributed by atoms with Crippen molar-refractivity contribution in [3.05, 3.63) is 36.0 Å². The van der Waals surface area contributed by atoms with Crippen molar-refractivity contribution in [1.29, 1.82) is 0 Å². The molecular weight excluding hydrogens is 288 g/mol. The number of fused-ring (bicyclic) bond motifs is 1. The first-order valence-electron chi connectivity index (χ1n) is 8.33. The number of rotatable bonds is 6. The summed E-state index contributed by atoms with van der Waals surface area (Å²) in [4.78, 5) is 12.5. The second kappa shape index (κ2) is 7.18. The van der Waals surface area contributed by atoms with Gasteiger partial charge in [0, 0.05) is 36.3 Å². The van der Waals surface area contributed by atoms with Gasteiger partial charge in [0.15, 0.2) is 0 Å². The van der Waals surface area contributed by atoms with Crippen molar-refractivity contribution in [1.82, 2.24) is 9.88 Å². The van der Waals surface area contributed by atoms with Gasteiger partial charge < -0.3 is 15.0 Å². The number of carbonyl (C=O) groups excluding carboxylic acids is 1. The minimum Gasteiger partial charge on any atom is -0.396 e. The quantitative estimate of drug-likeness (QED) is 0.860. The molecule has 1 unspecified atom stereocenters. The highest BCUT2D eigenvalue weighted by Gasteiger charge is 2.26. The molecule has 1 amide bonds. The van der Waals surface area contributed by atoms with Crippen LogP contribution in [0.25, 0.3) is 10.9 Å². The lowest BCUT2D eigenvalue weighted by Crippen LogP contribution is -2.44. The highest BCUT2D eigenvalue weighted by Crippen LogP contribution is 2.24. The summed E-state index contributed by atoms with van der Waals surface area (Å²) in [7, 11) is 0. The number of para-hydroxylation sites is 1. The van der Waals surface area contributed by atoms with E-state index < -0.39 is 0 Å². The molecule has 23 heavy (non-hydrogen) atoms. The van der Waals surface area contributed by atoms with Crippen molar-refractivity contribution in [3.63, 3.8) is 0 Å². The minimum absolute atomic E-state index is 0.0115. The van der Waals surface area contributed by atoms with E-state index in [1.807, 2.05) is 12.1 Å². The Kier molecular flexibility index (Phi) is 5.47. The van der Waals surface area contributed by atoms with E-state index in [1.54, 1.807) is 0 Å². The number of aromatic nitrogens is 1. The van der Waals surface area contributed by atoms with E-state index in [4.69, 9.17) is 0 Å². The third-order valence-electron chi connectivity index (χ3n) is 4.36. The van der Waals surface area contributed by atoms with Gasteiger partial charge in [-0.2, -0.15) is 0 Å². The van der Waals surface area contributed by atoms with Gasteiger partial charge in [-0.3, -0.25) is 4.79 Å². The van der Waals surface area contributed by atoms with Crippen LogP contribution < -0.4 is 5.32 Å². The molecule has 0 radical (unpaired) electrons. The van der Waals surface area contributed by atoms with Gasteiger partial charge in [0.1, 0.15) is 0 Å². The highest BCUT2D eigenvalue weighted by atomic mass is 16.3. The first kappa shape index (κ1) is 17.5. The Bertz CT molecular complexity index is 668. The Morgan fingerprint density at radius 2 is 2.00 bits per heavy atom. The van der Waals surface area contributed by atoms with Crippen molar-refractivity contribution in [2.24, 2.45) is 5.41 Å². The fourth-order valence-corrected chi connectivity index (χ4v) is 2.99. The number of aryl methyl sites for hydroxylation is 1. The van der Waals surface area contributed by atoms with Gasteiger partial charge in [-0.25, -0.2) is 0 Å². The number of carbonyl (C=O) groups is 1. The van der Waals surface area contributed by atoms with Crippen molar-refractivity contribution < 1.29 is 9.90 Å². The standard InChI is InChI=1S/C19H28N2O2/c1-5-21-13-14(15-8-6-7-9-16(15)21)12-18(23)20-17(10-11-22)19(2,3)4/h6-9,13,17,22H,5,10-12H2,1-4H3,(H,20,23). The number of nitrogens with zero attached hydrogens (tertiary/aromatic N) is 1. The summed E-state index contributed by atoms with van der Waals surface area (Å²) in [5, 5.41) is 13.5. The van der Waals surface area contributed by atoms with Crippen molar-refractivity contribution in [2.75, 3.05) is 6.61 Å². The molecule has 1 heterocycles. The topological polar surface area (TPSA) is 54.3 Å². The molecule has 0 aliphatic carbocycles. The predicted molar refractivity (Wildman–Crippen MR) is 94.4 cm³/mol. The van der Waals surface area contributed by atoms with Gasteiger partial charge in [0.2, 0.25) is 5.91 Å². The van der Waals surface area contributed by atoms with Gasteiger partial charge in [-0.15, -0.1) is 0 Å². The summed E-state index contributed by atoms with van der Waals surface area (Å²) >= 11 is 0. The molecule has 1 atom stereocenters. The number of aliphatic hydroxyl groups is 1. The SMILES string of the molecule is CCn1cc(CC(=O)NC(CCO)C(C)(C)C)c2ccccc21. The molecule has 1 aromatic carbocycles. The average molecular weight is 316 g/mol. The molecule has 4 nitrogen and oxygen atoms in total. The summed E-state index contributed by atoms with van der Waals surface area (Å²) in [6.45, 7) is 9.31. The zero-order valence-electron chi connectivity index (χ0n) is 14.6. The van der Waals surface area contributed by atoms with Gasteiger partial charge in [-0.1, -0.05) is 39.0 Å². The molecule has 2 N–H and O–H groups in total. The third-order valence-corrected chi connectivity index (χ3v) is 4.36. The Hall–Kier alpha value is -1.81. The number of hydrogen-bond acceptors (Lipinski definition) is 2. The minimum atomic E-state index is -0.0736. The molecule has 1 aromatic heterocycles. The van der Waals surface area contributed by atoms with Crippen LogP contribution in [0.1, 0.15) is 39.7 Å². The molecule has 2 aromatic rings. The smallest absolute Gasteiger partial charge is 0.224 e. The molecule has 0 aliphatic heterocycles. The normalized spacial score (nSPS) is 13.3. The molecule has 4 heteroatoms. The van der Waals surface area contributed by atoms with Gasteiger partial charge in [-0.05, 0) is 30.4 Å².